The molecule has 0 saturated carbocycles. The van der Waals surface area contributed by atoms with E-state index in [1.54, 1.807) is 7.11 Å². The van der Waals surface area contributed by atoms with Crippen LogP contribution in [0.2, 0.25) is 0 Å². The summed E-state index contributed by atoms with van der Waals surface area (Å²) in [4.78, 5) is 10.7. The second-order valence-electron chi connectivity index (χ2n) is 1.99. The van der Waals surface area contributed by atoms with Crippen molar-refractivity contribution >= 4 is 5.97 Å². The third-order valence-electron chi connectivity index (χ3n) is 1.01. The van der Waals surface area contributed by atoms with Crippen molar-refractivity contribution < 1.29 is 24.1 Å². The number of esters is 1. The third-order valence-corrected chi connectivity index (χ3v) is 1.01. The van der Waals surface area contributed by atoms with Gasteiger partial charge in [-0.25, -0.2) is 4.79 Å². The topological polar surface area (TPSA) is 65.0 Å². The van der Waals surface area contributed by atoms with Crippen LogP contribution in [0, 0.1) is 0 Å². The molecule has 0 heterocycles. The third kappa shape index (κ3) is 7.46. The van der Waals surface area contributed by atoms with Gasteiger partial charge in [-0.3, -0.25) is 0 Å². The number of rotatable bonds is 7. The molecule has 0 aliphatic heterocycles. The molecule has 0 amide bonds. The van der Waals surface area contributed by atoms with Gasteiger partial charge in [-0.2, -0.15) is 0 Å². The fraction of sp³-hybridized carbons (Fsp3) is 0.857. The summed E-state index contributed by atoms with van der Waals surface area (Å²) in [6.45, 7) is 0.581. The standard InChI is InChI=1S/C7H14O5/c1-10-4-5-11-6-7(9)12-3-2-8/h8H,2-6H2,1H3. The Morgan fingerprint density at radius 3 is 2.67 bits per heavy atom. The van der Waals surface area contributed by atoms with Crippen LogP contribution in [0.15, 0.2) is 0 Å². The predicted molar refractivity (Wildman–Crippen MR) is 40.7 cm³/mol. The number of ether oxygens (including phenoxy) is 3. The summed E-state index contributed by atoms with van der Waals surface area (Å²) in [6.07, 6.45) is 0. The van der Waals surface area contributed by atoms with Crippen LogP contribution in [0.3, 0.4) is 0 Å². The van der Waals surface area contributed by atoms with Crippen LogP contribution in [0.1, 0.15) is 0 Å². The van der Waals surface area contributed by atoms with Crippen LogP contribution in [-0.2, 0) is 19.0 Å². The normalized spacial score (nSPS) is 9.83. The highest BCUT2D eigenvalue weighted by molar-refractivity contribution is 5.70. The smallest absolute Gasteiger partial charge is 0.332 e. The lowest BCUT2D eigenvalue weighted by Crippen LogP contribution is -2.16. The molecule has 0 aliphatic carbocycles. The highest BCUT2D eigenvalue weighted by Gasteiger charge is 2.00. The zero-order valence-corrected chi connectivity index (χ0v) is 7.12. The molecule has 0 aliphatic rings. The van der Waals surface area contributed by atoms with Crippen molar-refractivity contribution in [2.24, 2.45) is 0 Å². The Hall–Kier alpha value is -0.650. The Morgan fingerprint density at radius 1 is 1.33 bits per heavy atom. The summed E-state index contributed by atoms with van der Waals surface area (Å²) >= 11 is 0. The Bertz CT molecular complexity index is 114. The van der Waals surface area contributed by atoms with Crippen molar-refractivity contribution in [3.8, 4) is 0 Å². The Morgan fingerprint density at radius 2 is 2.08 bits per heavy atom. The van der Waals surface area contributed by atoms with Crippen molar-refractivity contribution in [2.75, 3.05) is 40.1 Å². The molecular formula is C7H14O5. The lowest BCUT2D eigenvalue weighted by Gasteiger charge is -2.03. The fourth-order valence-corrected chi connectivity index (χ4v) is 0.499. The molecule has 0 atom stereocenters. The summed E-state index contributed by atoms with van der Waals surface area (Å²) in [5.74, 6) is -0.472. The van der Waals surface area contributed by atoms with Crippen LogP contribution in [0.5, 0.6) is 0 Å². The molecule has 0 aromatic heterocycles. The average molecular weight is 178 g/mol. The molecule has 72 valence electrons. The lowest BCUT2D eigenvalue weighted by molar-refractivity contribution is -0.150. The van der Waals surface area contributed by atoms with E-state index in [9.17, 15) is 4.79 Å². The summed E-state index contributed by atoms with van der Waals surface area (Å²) < 4.78 is 14.1. The first kappa shape index (κ1) is 11.4. The van der Waals surface area contributed by atoms with E-state index in [1.807, 2.05) is 0 Å². The highest BCUT2D eigenvalue weighted by Crippen LogP contribution is 1.81. The van der Waals surface area contributed by atoms with Crippen molar-refractivity contribution in [2.45, 2.75) is 0 Å². The van der Waals surface area contributed by atoms with Gasteiger partial charge in [0.15, 0.2) is 0 Å². The van der Waals surface area contributed by atoms with Gasteiger partial charge in [-0.05, 0) is 0 Å². The molecule has 0 fully saturated rings. The zero-order chi connectivity index (χ0) is 9.23. The molecule has 0 bridgehead atoms. The number of aliphatic hydroxyl groups is 1. The highest BCUT2D eigenvalue weighted by atomic mass is 16.6. The van der Waals surface area contributed by atoms with Gasteiger partial charge in [-0.15, -0.1) is 0 Å². The SMILES string of the molecule is COCCOCC(=O)OCCO. The number of carbonyl (C=O) groups excluding carboxylic acids is 1. The largest absolute Gasteiger partial charge is 0.462 e. The molecule has 1 N–H and O–H groups in total. The van der Waals surface area contributed by atoms with Gasteiger partial charge in [0.2, 0.25) is 0 Å². The van der Waals surface area contributed by atoms with E-state index in [-0.39, 0.29) is 19.8 Å². The summed E-state index contributed by atoms with van der Waals surface area (Å²) in [5.41, 5.74) is 0. The molecule has 12 heavy (non-hydrogen) atoms. The second kappa shape index (κ2) is 8.45. The average Bonchev–Trinajstić information content (AvgIpc) is 2.09. The van der Waals surface area contributed by atoms with Gasteiger partial charge in [0.1, 0.15) is 13.2 Å². The van der Waals surface area contributed by atoms with Crippen LogP contribution in [0.4, 0.5) is 0 Å². The van der Waals surface area contributed by atoms with Gasteiger partial charge in [0, 0.05) is 7.11 Å². The molecule has 0 saturated heterocycles. The van der Waals surface area contributed by atoms with E-state index in [4.69, 9.17) is 9.84 Å². The minimum atomic E-state index is -0.472. The molecular weight excluding hydrogens is 164 g/mol. The van der Waals surface area contributed by atoms with Crippen LogP contribution >= 0.6 is 0 Å². The van der Waals surface area contributed by atoms with E-state index >= 15 is 0 Å². The molecule has 5 heteroatoms. The fourth-order valence-electron chi connectivity index (χ4n) is 0.499. The van der Waals surface area contributed by atoms with Crippen LogP contribution < -0.4 is 0 Å². The lowest BCUT2D eigenvalue weighted by atomic mass is 10.7. The molecule has 0 spiro atoms. The molecule has 0 unspecified atom stereocenters. The number of methoxy groups -OCH3 is 1. The van der Waals surface area contributed by atoms with Gasteiger partial charge in [0.05, 0.1) is 19.8 Å². The minimum absolute atomic E-state index is 0.0203. The van der Waals surface area contributed by atoms with Gasteiger partial charge in [0.25, 0.3) is 0 Å². The maximum absolute atomic E-state index is 10.7. The number of aliphatic hydroxyl groups excluding tert-OH is 1. The van der Waals surface area contributed by atoms with E-state index < -0.39 is 5.97 Å². The van der Waals surface area contributed by atoms with Crippen LogP contribution in [-0.4, -0.2) is 51.2 Å². The molecule has 5 nitrogen and oxygen atoms in total. The quantitative estimate of drug-likeness (QED) is 0.408. The monoisotopic (exact) mass is 178 g/mol. The van der Waals surface area contributed by atoms with Gasteiger partial charge >= 0.3 is 5.97 Å². The second-order valence-corrected chi connectivity index (χ2v) is 1.99. The van der Waals surface area contributed by atoms with E-state index in [2.05, 4.69) is 9.47 Å². The van der Waals surface area contributed by atoms with Gasteiger partial charge in [-0.1, -0.05) is 0 Å². The first-order valence-electron chi connectivity index (χ1n) is 3.64. The van der Waals surface area contributed by atoms with Crippen LogP contribution in [0.25, 0.3) is 0 Å². The van der Waals surface area contributed by atoms with Crippen molar-refractivity contribution in [3.05, 3.63) is 0 Å². The van der Waals surface area contributed by atoms with Crippen molar-refractivity contribution in [3.63, 3.8) is 0 Å². The predicted octanol–water partition coefficient (Wildman–Crippen LogP) is -0.815. The summed E-state index contributed by atoms with van der Waals surface area (Å²) in [5, 5.41) is 8.29. The molecule has 0 radical (unpaired) electrons. The number of hydrogen-bond donors (Lipinski definition) is 1. The van der Waals surface area contributed by atoms with Crippen molar-refractivity contribution in [1.29, 1.82) is 0 Å². The maximum Gasteiger partial charge on any atom is 0.332 e. The Balaban J connectivity index is 3.08. The maximum atomic E-state index is 10.7. The van der Waals surface area contributed by atoms with Gasteiger partial charge < -0.3 is 19.3 Å². The first-order chi connectivity index (χ1) is 5.81. The zero-order valence-electron chi connectivity index (χ0n) is 7.12. The first-order valence-corrected chi connectivity index (χ1v) is 3.64. The minimum Gasteiger partial charge on any atom is -0.462 e. The van der Waals surface area contributed by atoms with E-state index in [0.29, 0.717) is 13.2 Å². The van der Waals surface area contributed by atoms with E-state index in [0.717, 1.165) is 0 Å². The molecule has 0 aromatic rings. The van der Waals surface area contributed by atoms with Crippen molar-refractivity contribution in [1.82, 2.24) is 0 Å². The Kier molecular flexibility index (Phi) is 7.99. The summed E-state index contributed by atoms with van der Waals surface area (Å²) in [6, 6.07) is 0. The molecule has 0 aromatic carbocycles. The number of carbonyl (C=O) groups is 1. The van der Waals surface area contributed by atoms with E-state index in [1.165, 1.54) is 0 Å². The Labute approximate surface area is 71.2 Å². The number of hydrogen-bond acceptors (Lipinski definition) is 5. The molecule has 0 rings (SSSR count). The summed E-state index contributed by atoms with van der Waals surface area (Å²) in [7, 11) is 1.55.